The van der Waals surface area contributed by atoms with Crippen molar-refractivity contribution in [2.24, 2.45) is 29.1 Å². The summed E-state index contributed by atoms with van der Waals surface area (Å²) in [6.07, 6.45) is 13.1. The van der Waals surface area contributed by atoms with Gasteiger partial charge in [-0.15, -0.1) is 0 Å². The summed E-state index contributed by atoms with van der Waals surface area (Å²) in [7, 11) is 0. The van der Waals surface area contributed by atoms with E-state index in [1.165, 1.54) is 5.57 Å². The molecule has 142 valence electrons. The van der Waals surface area contributed by atoms with Gasteiger partial charge in [0.05, 0.1) is 5.60 Å². The van der Waals surface area contributed by atoms with E-state index >= 15 is 0 Å². The van der Waals surface area contributed by atoms with Crippen molar-refractivity contribution in [3.05, 3.63) is 23.8 Å². The Hall–Kier alpha value is -1.42. The van der Waals surface area contributed by atoms with Crippen molar-refractivity contribution in [3.63, 3.8) is 0 Å². The van der Waals surface area contributed by atoms with Gasteiger partial charge in [0.1, 0.15) is 0 Å². The lowest BCUT2D eigenvalue weighted by Crippen LogP contribution is -2.53. The molecule has 0 heterocycles. The van der Waals surface area contributed by atoms with E-state index < -0.39 is 11.6 Å². The second-order valence-electron chi connectivity index (χ2n) is 8.99. The van der Waals surface area contributed by atoms with Gasteiger partial charge in [-0.3, -0.25) is 4.79 Å². The maximum absolute atomic E-state index is 11.8. The van der Waals surface area contributed by atoms with Gasteiger partial charge in [-0.05, 0) is 87.2 Å². The monoisotopic (exact) mass is 358 g/mol. The average molecular weight is 358 g/mol. The van der Waals surface area contributed by atoms with E-state index in [1.54, 1.807) is 6.08 Å². The molecule has 0 aromatic heterocycles. The molecule has 4 aliphatic carbocycles. The predicted octanol–water partition coefficient (Wildman–Crippen LogP) is 3.89. The first-order valence-corrected chi connectivity index (χ1v) is 10.3. The van der Waals surface area contributed by atoms with E-state index in [4.69, 9.17) is 5.11 Å². The Balaban J connectivity index is 1.64. The molecule has 0 aromatic rings. The van der Waals surface area contributed by atoms with Crippen LogP contribution in [0.5, 0.6) is 0 Å². The molecule has 4 nitrogen and oxygen atoms in total. The van der Waals surface area contributed by atoms with Crippen LogP contribution in [-0.2, 0) is 9.59 Å². The summed E-state index contributed by atoms with van der Waals surface area (Å²) in [4.78, 5) is 22.8. The van der Waals surface area contributed by atoms with E-state index in [1.807, 2.05) is 6.08 Å². The molecule has 0 aliphatic heterocycles. The summed E-state index contributed by atoms with van der Waals surface area (Å²) in [6, 6.07) is 0. The normalized spacial score (nSPS) is 45.0. The molecule has 4 rings (SSSR count). The number of carbonyl (C=O) groups excluding carboxylic acids is 1. The molecule has 26 heavy (non-hydrogen) atoms. The third-order valence-electron chi connectivity index (χ3n) is 8.34. The van der Waals surface area contributed by atoms with Crippen LogP contribution in [0.25, 0.3) is 0 Å². The summed E-state index contributed by atoms with van der Waals surface area (Å²) in [6.45, 7) is 2.16. The molecule has 0 amide bonds. The Morgan fingerprint density at radius 2 is 2.00 bits per heavy atom. The minimum atomic E-state index is -0.992. The van der Waals surface area contributed by atoms with Gasteiger partial charge in [0.15, 0.2) is 5.78 Å². The standard InChI is InChI=1S/C22H30O4/c1-2-21-10-7-17-16-6-4-15(23)13-14(16)3-5-18(17)19(21)8-11-22(21,26)12-9-20(24)25/h9,12-13,16-19,26H,2-8,10-11H2,1H3,(H,24,25)/b12-9-/t16-,17+,18+,19-,21-,22+/m0/s1. The number of hydrogen-bond acceptors (Lipinski definition) is 3. The topological polar surface area (TPSA) is 74.6 Å². The van der Waals surface area contributed by atoms with E-state index in [0.29, 0.717) is 42.3 Å². The van der Waals surface area contributed by atoms with Gasteiger partial charge in [-0.1, -0.05) is 12.5 Å². The first-order valence-electron chi connectivity index (χ1n) is 10.3. The van der Waals surface area contributed by atoms with Crippen LogP contribution in [0.4, 0.5) is 0 Å². The fourth-order valence-electron chi connectivity index (χ4n) is 7.25. The maximum atomic E-state index is 11.8. The predicted molar refractivity (Wildman–Crippen MR) is 98.4 cm³/mol. The van der Waals surface area contributed by atoms with Gasteiger partial charge in [0.25, 0.3) is 0 Å². The fraction of sp³-hybridized carbons (Fsp3) is 0.727. The second kappa shape index (κ2) is 6.33. The molecule has 6 atom stereocenters. The van der Waals surface area contributed by atoms with Crippen molar-refractivity contribution >= 4 is 11.8 Å². The van der Waals surface area contributed by atoms with Gasteiger partial charge in [0.2, 0.25) is 0 Å². The Morgan fingerprint density at radius 1 is 1.19 bits per heavy atom. The van der Waals surface area contributed by atoms with E-state index in [9.17, 15) is 14.7 Å². The van der Waals surface area contributed by atoms with Crippen molar-refractivity contribution in [2.75, 3.05) is 0 Å². The molecule has 0 aromatic carbocycles. The lowest BCUT2D eigenvalue weighted by Gasteiger charge is -2.56. The molecule has 0 spiro atoms. The summed E-state index contributed by atoms with van der Waals surface area (Å²) >= 11 is 0. The highest BCUT2D eigenvalue weighted by atomic mass is 16.4. The van der Waals surface area contributed by atoms with Crippen LogP contribution in [0, 0.1) is 29.1 Å². The molecule has 3 fully saturated rings. The van der Waals surface area contributed by atoms with E-state index in [-0.39, 0.29) is 5.41 Å². The highest BCUT2D eigenvalue weighted by molar-refractivity contribution is 5.91. The number of rotatable bonds is 3. The largest absolute Gasteiger partial charge is 0.478 e. The number of allylic oxidation sites excluding steroid dienone is 1. The van der Waals surface area contributed by atoms with Crippen LogP contribution in [-0.4, -0.2) is 27.6 Å². The third kappa shape index (κ3) is 2.52. The number of hydrogen-bond donors (Lipinski definition) is 2. The van der Waals surface area contributed by atoms with Gasteiger partial charge in [0, 0.05) is 17.9 Å². The molecule has 0 bridgehead atoms. The van der Waals surface area contributed by atoms with Crippen molar-refractivity contribution in [1.82, 2.24) is 0 Å². The molecular formula is C22H30O4. The van der Waals surface area contributed by atoms with Crippen molar-refractivity contribution < 1.29 is 19.8 Å². The van der Waals surface area contributed by atoms with Crippen LogP contribution in [0.15, 0.2) is 23.8 Å². The maximum Gasteiger partial charge on any atom is 0.328 e. The Morgan fingerprint density at radius 3 is 2.73 bits per heavy atom. The fourth-order valence-corrected chi connectivity index (χ4v) is 7.25. The van der Waals surface area contributed by atoms with Gasteiger partial charge >= 0.3 is 5.97 Å². The van der Waals surface area contributed by atoms with Crippen LogP contribution in [0.1, 0.15) is 64.7 Å². The quantitative estimate of drug-likeness (QED) is 0.751. The zero-order valence-electron chi connectivity index (χ0n) is 15.6. The number of carboxylic acids is 1. The minimum Gasteiger partial charge on any atom is -0.478 e. The summed E-state index contributed by atoms with van der Waals surface area (Å²) in [5.41, 5.74) is 0.200. The zero-order chi connectivity index (χ0) is 18.5. The SMILES string of the molecule is CC[C@]12CC[C@H]3[C@@H](CCC4=CC(=O)CC[C@@H]43)[C@@H]1CC[C@@]2(O)/C=C\C(=O)O. The zero-order valence-corrected chi connectivity index (χ0v) is 15.6. The highest BCUT2D eigenvalue weighted by Gasteiger charge is 2.62. The molecule has 4 heteroatoms. The van der Waals surface area contributed by atoms with Gasteiger partial charge in [-0.2, -0.15) is 0 Å². The molecule has 2 N–H and O–H groups in total. The number of ketones is 1. The van der Waals surface area contributed by atoms with Crippen LogP contribution < -0.4 is 0 Å². The number of fused-ring (bicyclic) bond motifs is 5. The Labute approximate surface area is 155 Å². The third-order valence-corrected chi connectivity index (χ3v) is 8.34. The lowest BCUT2D eigenvalue weighted by atomic mass is 9.49. The molecule has 0 radical (unpaired) electrons. The number of aliphatic hydroxyl groups is 1. The summed E-state index contributed by atoms with van der Waals surface area (Å²) in [5.74, 6) is 1.58. The van der Waals surface area contributed by atoms with Crippen molar-refractivity contribution in [3.8, 4) is 0 Å². The van der Waals surface area contributed by atoms with Gasteiger partial charge < -0.3 is 10.2 Å². The Kier molecular flexibility index (Phi) is 4.37. The number of aliphatic carboxylic acids is 1. The lowest BCUT2D eigenvalue weighted by molar-refractivity contribution is -0.132. The molecule has 0 unspecified atom stereocenters. The number of carbonyl (C=O) groups is 2. The molecule has 4 aliphatic rings. The Bertz CT molecular complexity index is 678. The molecular weight excluding hydrogens is 328 g/mol. The van der Waals surface area contributed by atoms with Crippen LogP contribution >= 0.6 is 0 Å². The van der Waals surface area contributed by atoms with E-state index in [2.05, 4.69) is 6.92 Å². The minimum absolute atomic E-state index is 0.189. The van der Waals surface area contributed by atoms with Gasteiger partial charge in [-0.25, -0.2) is 4.79 Å². The van der Waals surface area contributed by atoms with Crippen molar-refractivity contribution in [2.45, 2.75) is 70.3 Å². The summed E-state index contributed by atoms with van der Waals surface area (Å²) in [5, 5.41) is 20.5. The van der Waals surface area contributed by atoms with Crippen molar-refractivity contribution in [1.29, 1.82) is 0 Å². The van der Waals surface area contributed by atoms with Crippen LogP contribution in [0.2, 0.25) is 0 Å². The second-order valence-corrected chi connectivity index (χ2v) is 8.99. The van der Waals surface area contributed by atoms with Crippen LogP contribution in [0.3, 0.4) is 0 Å². The molecule has 3 saturated carbocycles. The first kappa shape index (κ1) is 18.0. The van der Waals surface area contributed by atoms with E-state index in [0.717, 1.165) is 51.0 Å². The number of carboxylic acid groups (broad SMARTS) is 1. The molecule has 0 saturated heterocycles. The first-order chi connectivity index (χ1) is 12.4. The summed E-state index contributed by atoms with van der Waals surface area (Å²) < 4.78 is 0. The average Bonchev–Trinajstić information content (AvgIpc) is 2.93. The smallest absolute Gasteiger partial charge is 0.328 e. The highest BCUT2D eigenvalue weighted by Crippen LogP contribution is 2.66.